The minimum absolute atomic E-state index is 0.0290. The van der Waals surface area contributed by atoms with E-state index < -0.39 is 4.92 Å². The molecule has 2 aliphatic carbocycles. The van der Waals surface area contributed by atoms with Crippen molar-refractivity contribution in [2.75, 3.05) is 0 Å². The molecule has 2 bridgehead atoms. The number of nitrogens with zero attached hydrogens (tertiary/aromatic N) is 3. The van der Waals surface area contributed by atoms with Crippen molar-refractivity contribution in [3.8, 4) is 5.75 Å². The lowest BCUT2D eigenvalue weighted by molar-refractivity contribution is -0.385. The molecule has 168 valence electrons. The number of ether oxygens (including phenoxy) is 1. The number of nitro groups is 1. The molecule has 1 saturated carbocycles. The van der Waals surface area contributed by atoms with E-state index in [0.29, 0.717) is 5.02 Å². The Morgan fingerprint density at radius 3 is 2.30 bits per heavy atom. The van der Waals surface area contributed by atoms with E-state index in [2.05, 4.69) is 5.10 Å². The zero-order chi connectivity index (χ0) is 23.3. The fourth-order valence-electron chi connectivity index (χ4n) is 4.85. The van der Waals surface area contributed by atoms with Crippen molar-refractivity contribution in [3.63, 3.8) is 0 Å². The Labute approximate surface area is 198 Å². The molecule has 4 atom stereocenters. The van der Waals surface area contributed by atoms with Gasteiger partial charge in [-0.15, -0.1) is 0 Å². The molecule has 10 heteroatoms. The highest BCUT2D eigenvalue weighted by Gasteiger charge is 2.59. The third kappa shape index (κ3) is 3.79. The van der Waals surface area contributed by atoms with Gasteiger partial charge in [-0.3, -0.25) is 19.7 Å². The third-order valence-corrected chi connectivity index (χ3v) is 6.79. The topological polar surface area (TPSA) is 102 Å². The molecule has 2 amide bonds. The number of carbonyl (C=O) groups excluding carboxylic acids is 2. The van der Waals surface area contributed by atoms with Crippen LogP contribution in [0.3, 0.4) is 0 Å². The summed E-state index contributed by atoms with van der Waals surface area (Å²) in [6, 6.07) is 9.45. The Bertz CT molecular complexity index is 1200. The van der Waals surface area contributed by atoms with E-state index in [1.54, 1.807) is 24.3 Å². The summed E-state index contributed by atoms with van der Waals surface area (Å²) >= 11 is 12.0. The molecule has 2 aromatic carbocycles. The standard InChI is InChI=1S/C23H17Cl2N3O5/c24-16-5-1-12(2-6-16)11-33-21-15(8-17(25)9-18(21)28(31)32)10-26-27-22(29)19-13-3-4-14(7-13)20(19)23(27)30/h1-6,8-10,13-14,19-20H,7,11H2. The average molecular weight is 486 g/mol. The molecule has 2 fully saturated rings. The van der Waals surface area contributed by atoms with Gasteiger partial charge in [0, 0.05) is 21.7 Å². The average Bonchev–Trinajstić information content (AvgIpc) is 3.46. The number of benzene rings is 2. The van der Waals surface area contributed by atoms with Crippen molar-refractivity contribution >= 4 is 46.9 Å². The van der Waals surface area contributed by atoms with Gasteiger partial charge in [-0.25, -0.2) is 0 Å². The van der Waals surface area contributed by atoms with Gasteiger partial charge in [0.25, 0.3) is 11.8 Å². The maximum atomic E-state index is 12.9. The Kier molecular flexibility index (Phi) is 5.42. The second-order valence-electron chi connectivity index (χ2n) is 8.25. The van der Waals surface area contributed by atoms with Crippen LogP contribution in [0.1, 0.15) is 17.5 Å². The van der Waals surface area contributed by atoms with Gasteiger partial charge in [0.1, 0.15) is 6.61 Å². The molecule has 0 N–H and O–H groups in total. The lowest BCUT2D eigenvalue weighted by atomic mass is 9.85. The zero-order valence-electron chi connectivity index (χ0n) is 17.1. The third-order valence-electron chi connectivity index (χ3n) is 6.32. The summed E-state index contributed by atoms with van der Waals surface area (Å²) in [5.74, 6) is -1.43. The molecule has 5 rings (SSSR count). The molecule has 33 heavy (non-hydrogen) atoms. The van der Waals surface area contributed by atoms with Crippen molar-refractivity contribution in [1.82, 2.24) is 5.01 Å². The first-order chi connectivity index (χ1) is 15.8. The van der Waals surface area contributed by atoms with Crippen molar-refractivity contribution in [1.29, 1.82) is 0 Å². The number of carbonyl (C=O) groups is 2. The van der Waals surface area contributed by atoms with E-state index in [4.69, 9.17) is 27.9 Å². The van der Waals surface area contributed by atoms with Crippen molar-refractivity contribution in [2.24, 2.45) is 28.8 Å². The number of rotatable bonds is 6. The molecule has 0 radical (unpaired) electrons. The van der Waals surface area contributed by atoms with Crippen LogP contribution in [0.2, 0.25) is 10.0 Å². The lowest BCUT2D eigenvalue weighted by Crippen LogP contribution is -2.28. The summed E-state index contributed by atoms with van der Waals surface area (Å²) in [5, 5.41) is 17.3. The van der Waals surface area contributed by atoms with E-state index in [9.17, 15) is 19.7 Å². The molecule has 2 aromatic rings. The van der Waals surface area contributed by atoms with Gasteiger partial charge in [0.2, 0.25) is 5.75 Å². The molecule has 1 aliphatic heterocycles. The van der Waals surface area contributed by atoms with Crippen LogP contribution in [0.4, 0.5) is 5.69 Å². The first kappa shape index (κ1) is 21.6. The molecule has 1 saturated heterocycles. The van der Waals surface area contributed by atoms with Gasteiger partial charge in [-0.2, -0.15) is 10.1 Å². The van der Waals surface area contributed by atoms with Crippen molar-refractivity contribution < 1.29 is 19.2 Å². The summed E-state index contributed by atoms with van der Waals surface area (Å²) in [7, 11) is 0. The van der Waals surface area contributed by atoms with Crippen LogP contribution >= 0.6 is 23.2 Å². The second kappa shape index (κ2) is 8.28. The van der Waals surface area contributed by atoms with Gasteiger partial charge in [0.15, 0.2) is 0 Å². The van der Waals surface area contributed by atoms with Crippen LogP contribution < -0.4 is 4.74 Å². The number of fused-ring (bicyclic) bond motifs is 5. The van der Waals surface area contributed by atoms with Crippen molar-refractivity contribution in [3.05, 3.63) is 79.8 Å². The molecule has 1 heterocycles. The number of imide groups is 1. The summed E-state index contributed by atoms with van der Waals surface area (Å²) in [4.78, 5) is 36.7. The Morgan fingerprint density at radius 1 is 1.06 bits per heavy atom. The van der Waals surface area contributed by atoms with Crippen molar-refractivity contribution in [2.45, 2.75) is 13.0 Å². The highest BCUT2D eigenvalue weighted by atomic mass is 35.5. The number of hydrazone groups is 1. The highest BCUT2D eigenvalue weighted by molar-refractivity contribution is 6.31. The van der Waals surface area contributed by atoms with Crippen LogP contribution in [0, 0.1) is 33.8 Å². The molecule has 8 nitrogen and oxygen atoms in total. The molecule has 3 aliphatic rings. The fraction of sp³-hybridized carbons (Fsp3) is 0.261. The second-order valence-corrected chi connectivity index (χ2v) is 9.12. The van der Waals surface area contributed by atoms with Gasteiger partial charge >= 0.3 is 5.69 Å². The van der Waals surface area contributed by atoms with Crippen LogP contribution in [-0.4, -0.2) is 28.0 Å². The minimum Gasteiger partial charge on any atom is -0.481 e. The van der Waals surface area contributed by atoms with E-state index in [1.807, 2.05) is 12.2 Å². The monoisotopic (exact) mass is 485 g/mol. The Morgan fingerprint density at radius 2 is 1.70 bits per heavy atom. The van der Waals surface area contributed by atoms with Crippen LogP contribution in [0.25, 0.3) is 0 Å². The predicted molar refractivity (Wildman–Crippen MR) is 121 cm³/mol. The number of allylic oxidation sites excluding steroid dienone is 2. The molecule has 0 spiro atoms. The molecule has 0 aromatic heterocycles. The maximum Gasteiger partial charge on any atom is 0.313 e. The quantitative estimate of drug-likeness (QED) is 0.195. The van der Waals surface area contributed by atoms with E-state index in [1.165, 1.54) is 18.3 Å². The lowest BCUT2D eigenvalue weighted by Gasteiger charge is -2.13. The predicted octanol–water partition coefficient (Wildman–Crippen LogP) is 4.62. The van der Waals surface area contributed by atoms with E-state index in [-0.39, 0.29) is 64.1 Å². The van der Waals surface area contributed by atoms with Crippen LogP contribution in [-0.2, 0) is 16.2 Å². The fourth-order valence-corrected chi connectivity index (χ4v) is 5.19. The first-order valence-electron chi connectivity index (χ1n) is 10.3. The smallest absolute Gasteiger partial charge is 0.313 e. The van der Waals surface area contributed by atoms with Crippen LogP contribution in [0.15, 0.2) is 53.7 Å². The van der Waals surface area contributed by atoms with Gasteiger partial charge < -0.3 is 4.74 Å². The first-order valence-corrected chi connectivity index (χ1v) is 11.0. The number of amides is 2. The van der Waals surface area contributed by atoms with Gasteiger partial charge in [-0.1, -0.05) is 47.5 Å². The molecule has 4 unspecified atom stereocenters. The number of hydrogen-bond acceptors (Lipinski definition) is 6. The maximum absolute atomic E-state index is 12.9. The Hall–Kier alpha value is -3.23. The summed E-state index contributed by atoms with van der Waals surface area (Å²) in [6.07, 6.45) is 6.01. The highest BCUT2D eigenvalue weighted by Crippen LogP contribution is 2.52. The van der Waals surface area contributed by atoms with Gasteiger partial charge in [-0.05, 0) is 42.0 Å². The number of halogens is 2. The zero-order valence-corrected chi connectivity index (χ0v) is 18.6. The van der Waals surface area contributed by atoms with Gasteiger partial charge in [0.05, 0.1) is 23.0 Å². The number of hydrogen-bond donors (Lipinski definition) is 0. The minimum atomic E-state index is -0.611. The molecular formula is C23H17Cl2N3O5. The summed E-state index contributed by atoms with van der Waals surface area (Å²) in [6.45, 7) is 0.0290. The Balaban J connectivity index is 1.44. The number of nitro benzene ring substituents is 1. The van der Waals surface area contributed by atoms with E-state index >= 15 is 0 Å². The summed E-state index contributed by atoms with van der Waals surface area (Å²) < 4.78 is 5.77. The SMILES string of the molecule is O=C1C2C3C=CC(C3)C2C(=O)N1N=Cc1cc(Cl)cc([N+](=O)[O-])c1OCc1ccc(Cl)cc1. The molecular weight excluding hydrogens is 469 g/mol. The summed E-state index contributed by atoms with van der Waals surface area (Å²) in [5.41, 5.74) is 0.574. The largest absolute Gasteiger partial charge is 0.481 e. The van der Waals surface area contributed by atoms with Crippen LogP contribution in [0.5, 0.6) is 5.75 Å². The normalized spacial score (nSPS) is 25.3. The van der Waals surface area contributed by atoms with E-state index in [0.717, 1.165) is 17.0 Å².